The van der Waals surface area contributed by atoms with Gasteiger partial charge in [0.05, 0.1) is 6.04 Å². The molecule has 4 heteroatoms. The van der Waals surface area contributed by atoms with Crippen molar-refractivity contribution in [2.45, 2.75) is 32.4 Å². The molecule has 0 fully saturated rings. The van der Waals surface area contributed by atoms with E-state index in [1.165, 1.54) is 0 Å². The molecule has 0 unspecified atom stereocenters. The molecule has 0 radical (unpaired) electrons. The number of ether oxygens (including phenoxy) is 1. The van der Waals surface area contributed by atoms with E-state index in [2.05, 4.69) is 5.32 Å². The summed E-state index contributed by atoms with van der Waals surface area (Å²) in [6.07, 6.45) is 7.46. The number of rotatable bonds is 5. The molecule has 1 aromatic heterocycles. The van der Waals surface area contributed by atoms with E-state index < -0.39 is 11.7 Å². The second-order valence-corrected chi connectivity index (χ2v) is 7.27. The molecule has 3 nitrogen and oxygen atoms in total. The Hall–Kier alpha value is -2.33. The van der Waals surface area contributed by atoms with Crippen molar-refractivity contribution in [3.8, 4) is 0 Å². The van der Waals surface area contributed by atoms with Gasteiger partial charge in [0, 0.05) is 4.88 Å². The first-order chi connectivity index (χ1) is 11.4. The maximum atomic E-state index is 12.0. The summed E-state index contributed by atoms with van der Waals surface area (Å²) >= 11 is 1.60. The number of amides is 1. The number of thiophene rings is 1. The van der Waals surface area contributed by atoms with Crippen molar-refractivity contribution in [2.24, 2.45) is 0 Å². The summed E-state index contributed by atoms with van der Waals surface area (Å²) in [5.74, 6) is 0. The summed E-state index contributed by atoms with van der Waals surface area (Å²) in [4.78, 5) is 13.1. The number of nitrogens with one attached hydrogen (secondary N) is 1. The highest BCUT2D eigenvalue weighted by molar-refractivity contribution is 7.10. The molecular formula is C20H23NO2S. The van der Waals surface area contributed by atoms with Crippen molar-refractivity contribution in [3.05, 3.63) is 76.5 Å². The molecule has 1 atom stereocenters. The number of carbonyl (C=O) groups is 1. The van der Waals surface area contributed by atoms with Crippen LogP contribution in [0.25, 0.3) is 6.08 Å². The number of allylic oxidation sites excluding steroid dienone is 2. The standard InChI is InChI=1S/C20H23NO2S/c1-20(2,3)23-19(22)21-17(18-14-9-15-24-18)13-8-7-12-16-10-5-4-6-11-16/h4-15,17H,1-3H3,(H,21,22)/b12-7+,13-8+/t17-/m1/s1. The van der Waals surface area contributed by atoms with Crippen LogP contribution >= 0.6 is 11.3 Å². The first-order valence-corrected chi connectivity index (χ1v) is 8.75. The summed E-state index contributed by atoms with van der Waals surface area (Å²) in [6, 6.07) is 13.8. The van der Waals surface area contributed by atoms with Crippen LogP contribution in [-0.4, -0.2) is 11.7 Å². The fourth-order valence-corrected chi connectivity index (χ4v) is 2.78. The first kappa shape index (κ1) is 18.0. The Balaban J connectivity index is 2.03. The van der Waals surface area contributed by atoms with Gasteiger partial charge in [-0.25, -0.2) is 4.79 Å². The van der Waals surface area contributed by atoms with E-state index in [0.29, 0.717) is 0 Å². The zero-order valence-corrected chi connectivity index (χ0v) is 15.0. The zero-order chi connectivity index (χ0) is 17.4. The van der Waals surface area contributed by atoms with Gasteiger partial charge in [-0.2, -0.15) is 0 Å². The van der Waals surface area contributed by atoms with E-state index in [4.69, 9.17) is 4.74 Å². The van der Waals surface area contributed by atoms with Crippen molar-refractivity contribution in [2.75, 3.05) is 0 Å². The third-order valence-corrected chi connectivity index (χ3v) is 3.98. The molecule has 0 aliphatic carbocycles. The number of hydrogen-bond donors (Lipinski definition) is 1. The van der Waals surface area contributed by atoms with Crippen molar-refractivity contribution in [1.29, 1.82) is 0 Å². The van der Waals surface area contributed by atoms with E-state index in [1.54, 1.807) is 11.3 Å². The number of hydrogen-bond acceptors (Lipinski definition) is 3. The summed E-state index contributed by atoms with van der Waals surface area (Å²) in [7, 11) is 0. The van der Waals surface area contributed by atoms with Gasteiger partial charge in [0.25, 0.3) is 0 Å². The van der Waals surface area contributed by atoms with Gasteiger partial charge in [-0.3, -0.25) is 0 Å². The van der Waals surface area contributed by atoms with Gasteiger partial charge in [-0.15, -0.1) is 11.3 Å². The Morgan fingerprint density at radius 2 is 1.88 bits per heavy atom. The Kier molecular flexibility index (Phi) is 6.38. The second kappa shape index (κ2) is 8.50. The van der Waals surface area contributed by atoms with Gasteiger partial charge in [0.1, 0.15) is 5.60 Å². The number of benzene rings is 1. The summed E-state index contributed by atoms with van der Waals surface area (Å²) in [5, 5.41) is 4.90. The lowest BCUT2D eigenvalue weighted by Gasteiger charge is -2.22. The van der Waals surface area contributed by atoms with E-state index in [-0.39, 0.29) is 6.04 Å². The van der Waals surface area contributed by atoms with E-state index in [1.807, 2.05) is 92.9 Å². The molecule has 0 bridgehead atoms. The lowest BCUT2D eigenvalue weighted by atomic mass is 10.2. The third-order valence-electron chi connectivity index (χ3n) is 3.02. The van der Waals surface area contributed by atoms with Crippen molar-refractivity contribution < 1.29 is 9.53 Å². The van der Waals surface area contributed by atoms with Gasteiger partial charge in [0.15, 0.2) is 0 Å². The summed E-state index contributed by atoms with van der Waals surface area (Å²) in [5.41, 5.74) is 0.621. The van der Waals surface area contributed by atoms with E-state index in [0.717, 1.165) is 10.4 Å². The minimum Gasteiger partial charge on any atom is -0.444 e. The van der Waals surface area contributed by atoms with Gasteiger partial charge in [-0.1, -0.05) is 60.7 Å². The highest BCUT2D eigenvalue weighted by atomic mass is 32.1. The minimum atomic E-state index is -0.513. The van der Waals surface area contributed by atoms with Crippen molar-refractivity contribution >= 4 is 23.5 Å². The molecule has 0 aliphatic rings. The Labute approximate surface area is 147 Å². The topological polar surface area (TPSA) is 38.3 Å². The molecule has 2 rings (SSSR count). The molecule has 126 valence electrons. The summed E-state index contributed by atoms with van der Waals surface area (Å²) < 4.78 is 5.34. The lowest BCUT2D eigenvalue weighted by Crippen LogP contribution is -2.34. The van der Waals surface area contributed by atoms with Crippen LogP contribution in [0.3, 0.4) is 0 Å². The van der Waals surface area contributed by atoms with Crippen LogP contribution in [0, 0.1) is 0 Å². The maximum Gasteiger partial charge on any atom is 0.408 e. The predicted octanol–water partition coefficient (Wildman–Crippen LogP) is 5.58. The minimum absolute atomic E-state index is 0.208. The summed E-state index contributed by atoms with van der Waals surface area (Å²) in [6.45, 7) is 5.56. The molecule has 0 saturated carbocycles. The van der Waals surface area contributed by atoms with E-state index >= 15 is 0 Å². The Morgan fingerprint density at radius 3 is 2.50 bits per heavy atom. The Bertz CT molecular complexity index is 682. The fraction of sp³-hybridized carbons (Fsp3) is 0.250. The van der Waals surface area contributed by atoms with Crippen molar-refractivity contribution in [1.82, 2.24) is 5.32 Å². The smallest absolute Gasteiger partial charge is 0.408 e. The number of alkyl carbamates (subject to hydrolysis) is 1. The average Bonchev–Trinajstić information content (AvgIpc) is 3.04. The highest BCUT2D eigenvalue weighted by Gasteiger charge is 2.19. The third kappa shape index (κ3) is 6.42. The highest BCUT2D eigenvalue weighted by Crippen LogP contribution is 2.21. The van der Waals surface area contributed by atoms with Crippen LogP contribution in [0.4, 0.5) is 4.79 Å². The molecular weight excluding hydrogens is 318 g/mol. The number of carbonyl (C=O) groups excluding carboxylic acids is 1. The second-order valence-electron chi connectivity index (χ2n) is 6.29. The predicted molar refractivity (Wildman–Crippen MR) is 101 cm³/mol. The molecule has 24 heavy (non-hydrogen) atoms. The van der Waals surface area contributed by atoms with Crippen LogP contribution < -0.4 is 5.32 Å². The molecule has 1 amide bonds. The van der Waals surface area contributed by atoms with Crippen LogP contribution in [0.15, 0.2) is 66.1 Å². The normalized spacial score (nSPS) is 13.3. The van der Waals surface area contributed by atoms with E-state index in [9.17, 15) is 4.79 Å². The lowest BCUT2D eigenvalue weighted by molar-refractivity contribution is 0.0514. The molecule has 0 saturated heterocycles. The van der Waals surface area contributed by atoms with Crippen LogP contribution in [0.2, 0.25) is 0 Å². The molecule has 1 aromatic carbocycles. The Morgan fingerprint density at radius 1 is 1.12 bits per heavy atom. The zero-order valence-electron chi connectivity index (χ0n) is 14.2. The van der Waals surface area contributed by atoms with Gasteiger partial charge in [0.2, 0.25) is 0 Å². The van der Waals surface area contributed by atoms with Crippen LogP contribution in [0.1, 0.15) is 37.3 Å². The largest absolute Gasteiger partial charge is 0.444 e. The SMILES string of the molecule is CC(C)(C)OC(=O)N[C@H](/C=C/C=C/c1ccccc1)c1cccs1. The van der Waals surface area contributed by atoms with Gasteiger partial charge in [-0.05, 0) is 37.8 Å². The van der Waals surface area contributed by atoms with Crippen LogP contribution in [0.5, 0.6) is 0 Å². The molecule has 0 aliphatic heterocycles. The van der Waals surface area contributed by atoms with Gasteiger partial charge < -0.3 is 10.1 Å². The molecule has 2 aromatic rings. The molecule has 1 heterocycles. The average molecular weight is 341 g/mol. The van der Waals surface area contributed by atoms with Crippen molar-refractivity contribution in [3.63, 3.8) is 0 Å². The van der Waals surface area contributed by atoms with Crippen LogP contribution in [-0.2, 0) is 4.74 Å². The fourth-order valence-electron chi connectivity index (χ4n) is 2.02. The first-order valence-electron chi connectivity index (χ1n) is 7.87. The quantitative estimate of drug-likeness (QED) is 0.721. The maximum absolute atomic E-state index is 12.0. The molecule has 0 spiro atoms. The van der Waals surface area contributed by atoms with Gasteiger partial charge >= 0.3 is 6.09 Å². The monoisotopic (exact) mass is 341 g/mol. The molecule has 1 N–H and O–H groups in total.